The first kappa shape index (κ1) is 31.9. The van der Waals surface area contributed by atoms with Crippen LogP contribution in [0.25, 0.3) is 0 Å². The number of esters is 1. The van der Waals surface area contributed by atoms with Gasteiger partial charge < -0.3 is 45.3 Å². The van der Waals surface area contributed by atoms with E-state index in [1.807, 2.05) is 30.3 Å². The summed E-state index contributed by atoms with van der Waals surface area (Å²) in [5.41, 5.74) is -0.755. The number of benzene rings is 1. The van der Waals surface area contributed by atoms with Gasteiger partial charge in [0.15, 0.2) is 0 Å². The summed E-state index contributed by atoms with van der Waals surface area (Å²) in [5, 5.41) is 54.2. The molecule has 5 unspecified atom stereocenters. The van der Waals surface area contributed by atoms with Gasteiger partial charge >= 0.3 is 12.1 Å². The number of aliphatic hydroxyl groups excluding tert-OH is 4. The number of amides is 2. The predicted octanol–water partition coefficient (Wildman–Crippen LogP) is -1.28. The maximum Gasteiger partial charge on any atom is 0.407 e. The number of aryl methyl sites for hydroxylation is 1. The average Bonchev–Trinajstić information content (AvgIpc) is 3.45. The van der Waals surface area contributed by atoms with Gasteiger partial charge in [-0.2, -0.15) is 0 Å². The van der Waals surface area contributed by atoms with E-state index >= 15 is 0 Å². The van der Waals surface area contributed by atoms with Crippen molar-refractivity contribution >= 4 is 18.0 Å². The number of carbonyl (C=O) groups excluding carboxylic acids is 3. The Morgan fingerprint density at radius 2 is 1.95 bits per heavy atom. The van der Waals surface area contributed by atoms with Gasteiger partial charge in [0, 0.05) is 19.9 Å². The number of rotatable bonds is 13. The van der Waals surface area contributed by atoms with E-state index in [1.54, 1.807) is 0 Å². The molecule has 2 aromatic rings. The number of nitrogens with zero attached hydrogens (tertiary/aromatic N) is 3. The molecule has 6 atom stereocenters. The quantitative estimate of drug-likeness (QED) is 0.121. The number of ether oxygens (including phenoxy) is 3. The maximum atomic E-state index is 13.0. The Labute approximate surface area is 236 Å². The summed E-state index contributed by atoms with van der Waals surface area (Å²) in [4.78, 5) is 36.6. The van der Waals surface area contributed by atoms with Gasteiger partial charge in [-0.05, 0) is 24.8 Å². The third-order valence-electron chi connectivity index (χ3n) is 6.63. The Kier molecular flexibility index (Phi) is 11.5. The highest BCUT2D eigenvalue weighted by Gasteiger charge is 2.57. The van der Waals surface area contributed by atoms with Crippen LogP contribution in [0, 0.1) is 0 Å². The SMILES string of the molecule is COC(=O)C1(n2cc(CCCCNC(=O)OCc3ccccc3)nn2)CC(O)C(NC(C)=O)C([C@@H](O)C(O)CO)O1. The van der Waals surface area contributed by atoms with Gasteiger partial charge in [0.2, 0.25) is 5.91 Å². The Balaban J connectivity index is 1.63. The topological polar surface area (TPSA) is 215 Å². The van der Waals surface area contributed by atoms with E-state index < -0.39 is 67.2 Å². The summed E-state index contributed by atoms with van der Waals surface area (Å²) >= 11 is 0. The van der Waals surface area contributed by atoms with Crippen LogP contribution in [-0.4, -0.2) is 104 Å². The van der Waals surface area contributed by atoms with Crippen molar-refractivity contribution in [2.45, 2.75) is 75.4 Å². The van der Waals surface area contributed by atoms with Gasteiger partial charge in [-0.3, -0.25) is 4.79 Å². The monoisotopic (exact) mass is 579 g/mol. The minimum atomic E-state index is -2.10. The van der Waals surface area contributed by atoms with Crippen molar-refractivity contribution in [3.63, 3.8) is 0 Å². The molecule has 0 spiro atoms. The first-order chi connectivity index (χ1) is 19.6. The summed E-state index contributed by atoms with van der Waals surface area (Å²) in [7, 11) is 1.10. The molecule has 1 aliphatic heterocycles. The second kappa shape index (κ2) is 14.8. The van der Waals surface area contributed by atoms with Crippen LogP contribution in [0.4, 0.5) is 4.79 Å². The van der Waals surface area contributed by atoms with Crippen molar-refractivity contribution in [2.75, 3.05) is 20.3 Å². The molecule has 0 saturated carbocycles. The van der Waals surface area contributed by atoms with E-state index in [9.17, 15) is 34.8 Å². The largest absolute Gasteiger partial charge is 0.465 e. The van der Waals surface area contributed by atoms with Crippen LogP contribution in [0.15, 0.2) is 36.5 Å². The van der Waals surface area contributed by atoms with Crippen LogP contribution >= 0.6 is 0 Å². The van der Waals surface area contributed by atoms with E-state index in [0.29, 0.717) is 31.5 Å². The first-order valence-electron chi connectivity index (χ1n) is 13.2. The minimum Gasteiger partial charge on any atom is -0.465 e. The second-order valence-electron chi connectivity index (χ2n) is 9.70. The molecule has 41 heavy (non-hydrogen) atoms. The zero-order chi connectivity index (χ0) is 30.0. The summed E-state index contributed by atoms with van der Waals surface area (Å²) in [5.74, 6) is -1.52. The molecule has 1 aromatic carbocycles. The van der Waals surface area contributed by atoms with Crippen LogP contribution in [0.2, 0.25) is 0 Å². The zero-order valence-electron chi connectivity index (χ0n) is 22.9. The highest BCUT2D eigenvalue weighted by Crippen LogP contribution is 2.36. The van der Waals surface area contributed by atoms with E-state index in [2.05, 4.69) is 20.9 Å². The Hall–Kier alpha value is -3.63. The van der Waals surface area contributed by atoms with Gasteiger partial charge in [-0.25, -0.2) is 14.3 Å². The molecule has 3 rings (SSSR count). The Bertz CT molecular complexity index is 1150. The maximum absolute atomic E-state index is 13.0. The lowest BCUT2D eigenvalue weighted by atomic mass is 9.87. The molecule has 1 saturated heterocycles. The fourth-order valence-corrected chi connectivity index (χ4v) is 4.52. The molecule has 1 aromatic heterocycles. The minimum absolute atomic E-state index is 0.164. The molecule has 1 fully saturated rings. The number of carbonyl (C=O) groups is 3. The molecular formula is C26H37N5O10. The van der Waals surface area contributed by atoms with Gasteiger partial charge in [0.25, 0.3) is 5.72 Å². The van der Waals surface area contributed by atoms with E-state index in [1.165, 1.54) is 13.1 Å². The molecule has 6 N–H and O–H groups in total. The van der Waals surface area contributed by atoms with Crippen molar-refractivity contribution in [3.05, 3.63) is 47.8 Å². The molecule has 2 amide bonds. The van der Waals surface area contributed by atoms with Crippen molar-refractivity contribution in [3.8, 4) is 0 Å². The lowest BCUT2D eigenvalue weighted by Crippen LogP contribution is -2.67. The van der Waals surface area contributed by atoms with Gasteiger partial charge in [0.05, 0.1) is 37.8 Å². The second-order valence-corrected chi connectivity index (χ2v) is 9.70. The molecule has 15 heteroatoms. The zero-order valence-corrected chi connectivity index (χ0v) is 22.9. The highest BCUT2D eigenvalue weighted by atomic mass is 16.6. The highest BCUT2D eigenvalue weighted by molar-refractivity contribution is 5.77. The smallest absolute Gasteiger partial charge is 0.407 e. The predicted molar refractivity (Wildman–Crippen MR) is 140 cm³/mol. The number of unbranched alkanes of at least 4 members (excludes halogenated alkanes) is 1. The molecule has 0 radical (unpaired) electrons. The number of methoxy groups -OCH3 is 1. The number of hydrogen-bond donors (Lipinski definition) is 6. The molecule has 15 nitrogen and oxygen atoms in total. The summed E-state index contributed by atoms with van der Waals surface area (Å²) < 4.78 is 17.1. The van der Waals surface area contributed by atoms with Gasteiger partial charge in [-0.1, -0.05) is 35.5 Å². The molecule has 0 aliphatic carbocycles. The third-order valence-corrected chi connectivity index (χ3v) is 6.63. The van der Waals surface area contributed by atoms with E-state index in [4.69, 9.17) is 14.2 Å². The van der Waals surface area contributed by atoms with E-state index in [-0.39, 0.29) is 6.61 Å². The van der Waals surface area contributed by atoms with Crippen LogP contribution in [0.3, 0.4) is 0 Å². The molecular weight excluding hydrogens is 542 g/mol. The van der Waals surface area contributed by atoms with Gasteiger partial charge in [-0.15, -0.1) is 5.10 Å². The standard InChI is InChI=1S/C26H37N5O10/c1-16(33)28-21-19(34)12-26(24(37)39-2,41-23(21)22(36)20(35)14-32)31-13-18(29-30-31)10-6-7-11-27-25(38)40-15-17-8-4-3-5-9-17/h3-5,8-9,13,19-23,32,34-36H,6-7,10-12,14-15H2,1-2H3,(H,27,38)(H,28,33)/t19?,20?,21?,22-,23?,26?/m0/s1. The van der Waals surface area contributed by atoms with Gasteiger partial charge in [0.1, 0.15) is 24.9 Å². The summed E-state index contributed by atoms with van der Waals surface area (Å²) in [6, 6.07) is 8.06. The van der Waals surface area contributed by atoms with Crippen molar-refractivity contribution in [2.24, 2.45) is 0 Å². The number of nitrogens with one attached hydrogen (secondary N) is 2. The normalized spacial score (nSPS) is 23.7. The number of alkyl carbamates (subject to hydrolysis) is 1. The summed E-state index contributed by atoms with van der Waals surface area (Å²) in [6.07, 6.45) is -4.41. The first-order valence-corrected chi connectivity index (χ1v) is 13.2. The molecule has 1 aliphatic rings. The van der Waals surface area contributed by atoms with Crippen LogP contribution in [-0.2, 0) is 42.6 Å². The van der Waals surface area contributed by atoms with Crippen molar-refractivity contribution in [1.29, 1.82) is 0 Å². The average molecular weight is 580 g/mol. The fraction of sp³-hybridized carbons (Fsp3) is 0.577. The number of aromatic nitrogens is 3. The van der Waals surface area contributed by atoms with Crippen LogP contribution in [0.1, 0.15) is 37.4 Å². The Morgan fingerprint density at radius 1 is 1.22 bits per heavy atom. The van der Waals surface area contributed by atoms with Crippen LogP contribution in [0.5, 0.6) is 0 Å². The number of hydrogen-bond acceptors (Lipinski definition) is 12. The lowest BCUT2D eigenvalue weighted by molar-refractivity contribution is -0.260. The molecule has 0 bridgehead atoms. The summed E-state index contributed by atoms with van der Waals surface area (Å²) in [6.45, 7) is 0.868. The van der Waals surface area contributed by atoms with Crippen molar-refractivity contribution < 1.29 is 49.0 Å². The van der Waals surface area contributed by atoms with Crippen molar-refractivity contribution in [1.82, 2.24) is 25.6 Å². The van der Waals surface area contributed by atoms with E-state index in [0.717, 1.165) is 17.4 Å². The molecule has 2 heterocycles. The van der Waals surface area contributed by atoms with Crippen LogP contribution < -0.4 is 10.6 Å². The molecule has 226 valence electrons. The fourth-order valence-electron chi connectivity index (χ4n) is 4.52. The lowest BCUT2D eigenvalue weighted by Gasteiger charge is -2.47. The third kappa shape index (κ3) is 8.20. The Morgan fingerprint density at radius 3 is 2.61 bits per heavy atom. The number of aliphatic hydroxyl groups is 4.